The molecule has 0 atom stereocenters. The highest BCUT2D eigenvalue weighted by Crippen LogP contribution is 2.26. The molecule has 0 spiro atoms. The minimum atomic E-state index is -0.422. The summed E-state index contributed by atoms with van der Waals surface area (Å²) >= 11 is 1.39. The third-order valence-electron chi connectivity index (χ3n) is 3.21. The molecule has 8 heteroatoms. The molecule has 2 N–H and O–H groups in total. The first-order valence-corrected chi connectivity index (χ1v) is 7.84. The van der Waals surface area contributed by atoms with Crippen molar-refractivity contribution < 1.29 is 4.42 Å². The molecule has 0 unspecified atom stereocenters. The first-order valence-electron chi connectivity index (χ1n) is 6.86. The van der Waals surface area contributed by atoms with E-state index in [1.807, 2.05) is 30.3 Å². The monoisotopic (exact) mass is 325 g/mol. The molecule has 0 aliphatic heterocycles. The normalized spacial score (nSPS) is 11.1. The number of thioether (sulfide) groups is 1. The van der Waals surface area contributed by atoms with Gasteiger partial charge in [0.2, 0.25) is 5.89 Å². The number of nitrogens with zero attached hydrogens (tertiary/aromatic N) is 3. The first kappa shape index (κ1) is 13.8. The van der Waals surface area contributed by atoms with Gasteiger partial charge in [0.05, 0.1) is 18.3 Å². The van der Waals surface area contributed by atoms with E-state index in [4.69, 9.17) is 4.42 Å². The number of rotatable bonds is 4. The van der Waals surface area contributed by atoms with Crippen LogP contribution in [0.3, 0.4) is 0 Å². The van der Waals surface area contributed by atoms with Crippen LogP contribution < -0.4 is 5.69 Å². The molecular formula is C15H11N5O2S. The summed E-state index contributed by atoms with van der Waals surface area (Å²) < 4.78 is 5.74. The minimum absolute atomic E-state index is 0.422. The van der Waals surface area contributed by atoms with Gasteiger partial charge in [0.15, 0.2) is 5.65 Å². The number of fused-ring (bicyclic) bond motifs is 1. The quantitative estimate of drug-likeness (QED) is 0.442. The third-order valence-corrected chi connectivity index (χ3v) is 4.20. The second kappa shape index (κ2) is 5.73. The first-order chi connectivity index (χ1) is 11.3. The molecule has 4 aromatic rings. The Hall–Kier alpha value is -2.87. The number of benzene rings is 1. The van der Waals surface area contributed by atoms with E-state index >= 15 is 0 Å². The number of oxazole rings is 1. The molecule has 0 saturated carbocycles. The maximum Gasteiger partial charge on any atom is 0.347 e. The van der Waals surface area contributed by atoms with Crippen molar-refractivity contribution in [3.05, 3.63) is 59.1 Å². The van der Waals surface area contributed by atoms with Gasteiger partial charge in [-0.2, -0.15) is 4.98 Å². The van der Waals surface area contributed by atoms with Crippen LogP contribution in [0.25, 0.3) is 22.6 Å². The van der Waals surface area contributed by atoms with Crippen molar-refractivity contribution in [2.45, 2.75) is 10.8 Å². The molecule has 23 heavy (non-hydrogen) atoms. The summed E-state index contributed by atoms with van der Waals surface area (Å²) in [6.07, 6.45) is 3.21. The Labute approximate surface area is 134 Å². The molecule has 0 aliphatic carbocycles. The average Bonchev–Trinajstić information content (AvgIpc) is 3.22. The molecular weight excluding hydrogens is 314 g/mol. The lowest BCUT2D eigenvalue weighted by atomic mass is 10.2. The maximum atomic E-state index is 11.5. The number of imidazole rings is 1. The van der Waals surface area contributed by atoms with Gasteiger partial charge in [-0.05, 0) is 12.1 Å². The Bertz CT molecular complexity index is 1010. The zero-order valence-electron chi connectivity index (χ0n) is 11.8. The molecule has 0 radical (unpaired) electrons. The van der Waals surface area contributed by atoms with E-state index < -0.39 is 5.69 Å². The number of nitrogens with one attached hydrogen (secondary N) is 2. The van der Waals surface area contributed by atoms with Crippen molar-refractivity contribution >= 4 is 22.9 Å². The molecule has 3 aromatic heterocycles. The summed E-state index contributed by atoms with van der Waals surface area (Å²) in [4.78, 5) is 29.4. The molecule has 0 aliphatic rings. The molecule has 7 nitrogen and oxygen atoms in total. The SMILES string of the molecule is O=c1nc(SCc2cnc(-c3ccccc3)o2)c2[nH]cnc2[nH]1. The van der Waals surface area contributed by atoms with Gasteiger partial charge >= 0.3 is 5.69 Å². The van der Waals surface area contributed by atoms with Crippen LogP contribution >= 0.6 is 11.8 Å². The van der Waals surface area contributed by atoms with Crippen LogP contribution in [-0.2, 0) is 5.75 Å². The van der Waals surface area contributed by atoms with Crippen LogP contribution in [0, 0.1) is 0 Å². The number of aromatic amines is 2. The smallest absolute Gasteiger partial charge is 0.347 e. The predicted octanol–water partition coefficient (Wildman–Crippen LogP) is 2.59. The van der Waals surface area contributed by atoms with E-state index in [-0.39, 0.29) is 0 Å². The topological polar surface area (TPSA) is 100 Å². The summed E-state index contributed by atoms with van der Waals surface area (Å²) in [6.45, 7) is 0. The van der Waals surface area contributed by atoms with Crippen molar-refractivity contribution in [2.24, 2.45) is 0 Å². The minimum Gasteiger partial charge on any atom is -0.440 e. The Balaban J connectivity index is 1.56. The number of hydrogen-bond acceptors (Lipinski definition) is 6. The van der Waals surface area contributed by atoms with E-state index in [0.717, 1.165) is 5.56 Å². The van der Waals surface area contributed by atoms with Crippen molar-refractivity contribution in [1.82, 2.24) is 24.9 Å². The number of aromatic nitrogens is 5. The zero-order chi connectivity index (χ0) is 15.6. The highest BCUT2D eigenvalue weighted by atomic mass is 32.2. The number of H-pyrrole nitrogens is 2. The van der Waals surface area contributed by atoms with Crippen molar-refractivity contribution in [3.63, 3.8) is 0 Å². The lowest BCUT2D eigenvalue weighted by Crippen LogP contribution is -2.10. The summed E-state index contributed by atoms with van der Waals surface area (Å²) in [5, 5.41) is 0.582. The van der Waals surface area contributed by atoms with Gasteiger partial charge in [-0.3, -0.25) is 4.98 Å². The van der Waals surface area contributed by atoms with Gasteiger partial charge in [0.25, 0.3) is 0 Å². The molecule has 3 heterocycles. The van der Waals surface area contributed by atoms with Crippen LogP contribution in [0.15, 0.2) is 57.1 Å². The van der Waals surface area contributed by atoms with Gasteiger partial charge in [-0.15, -0.1) is 0 Å². The Morgan fingerprint density at radius 1 is 1.17 bits per heavy atom. The van der Waals surface area contributed by atoms with Crippen LogP contribution in [0.1, 0.15) is 5.76 Å². The summed E-state index contributed by atoms with van der Waals surface area (Å²) in [5.41, 5.74) is 1.70. The lowest BCUT2D eigenvalue weighted by molar-refractivity contribution is 0.538. The van der Waals surface area contributed by atoms with Crippen molar-refractivity contribution in [1.29, 1.82) is 0 Å². The highest BCUT2D eigenvalue weighted by molar-refractivity contribution is 7.98. The molecule has 0 saturated heterocycles. The second-order valence-corrected chi connectivity index (χ2v) is 5.72. The van der Waals surface area contributed by atoms with Crippen LogP contribution in [0.4, 0.5) is 0 Å². The van der Waals surface area contributed by atoms with E-state index in [1.54, 1.807) is 6.20 Å². The zero-order valence-corrected chi connectivity index (χ0v) is 12.6. The largest absolute Gasteiger partial charge is 0.440 e. The Kier molecular flexibility index (Phi) is 3.43. The standard InChI is InChI=1S/C15H11N5O2S/c21-15-19-12-11(17-8-18-12)14(20-15)23-7-10-6-16-13(22-10)9-4-2-1-3-5-9/h1-6,8H,7H2,(H2,17,18,19,20,21). The average molecular weight is 325 g/mol. The van der Waals surface area contributed by atoms with Gasteiger partial charge in [0, 0.05) is 5.56 Å². The van der Waals surface area contributed by atoms with E-state index in [1.165, 1.54) is 18.1 Å². The van der Waals surface area contributed by atoms with Crippen LogP contribution in [0.5, 0.6) is 0 Å². The third kappa shape index (κ3) is 2.76. The second-order valence-electron chi connectivity index (χ2n) is 4.76. The van der Waals surface area contributed by atoms with Gasteiger partial charge in [0.1, 0.15) is 16.3 Å². The fourth-order valence-corrected chi connectivity index (χ4v) is 3.02. The van der Waals surface area contributed by atoms with Gasteiger partial charge in [-0.25, -0.2) is 14.8 Å². The van der Waals surface area contributed by atoms with Crippen LogP contribution in [0.2, 0.25) is 0 Å². The Morgan fingerprint density at radius 3 is 2.91 bits per heavy atom. The van der Waals surface area contributed by atoms with Crippen molar-refractivity contribution in [2.75, 3.05) is 0 Å². The molecule has 1 aromatic carbocycles. The number of hydrogen-bond donors (Lipinski definition) is 2. The van der Waals surface area contributed by atoms with E-state index in [9.17, 15) is 4.79 Å². The highest BCUT2D eigenvalue weighted by Gasteiger charge is 2.11. The van der Waals surface area contributed by atoms with Gasteiger partial charge in [-0.1, -0.05) is 30.0 Å². The van der Waals surface area contributed by atoms with E-state index in [2.05, 4.69) is 24.9 Å². The maximum absolute atomic E-state index is 11.5. The fraction of sp³-hybridized carbons (Fsp3) is 0.0667. The fourth-order valence-electron chi connectivity index (χ4n) is 2.16. The predicted molar refractivity (Wildman–Crippen MR) is 86.0 cm³/mol. The summed E-state index contributed by atoms with van der Waals surface area (Å²) in [7, 11) is 0. The molecule has 4 rings (SSSR count). The molecule has 0 fully saturated rings. The molecule has 114 valence electrons. The summed E-state index contributed by atoms with van der Waals surface area (Å²) in [5.74, 6) is 1.81. The summed E-state index contributed by atoms with van der Waals surface area (Å²) in [6, 6.07) is 9.69. The molecule has 0 amide bonds. The Morgan fingerprint density at radius 2 is 2.04 bits per heavy atom. The lowest BCUT2D eigenvalue weighted by Gasteiger charge is -1.99. The molecule has 0 bridgehead atoms. The van der Waals surface area contributed by atoms with E-state index in [0.29, 0.717) is 33.6 Å². The van der Waals surface area contributed by atoms with Crippen molar-refractivity contribution in [3.8, 4) is 11.5 Å². The van der Waals surface area contributed by atoms with Crippen LogP contribution in [-0.4, -0.2) is 24.9 Å². The van der Waals surface area contributed by atoms with Gasteiger partial charge < -0.3 is 9.40 Å².